The third-order valence-electron chi connectivity index (χ3n) is 4.84. The summed E-state index contributed by atoms with van der Waals surface area (Å²) in [6, 6.07) is 12.5. The topological polar surface area (TPSA) is 34.6 Å². The molecule has 2 aliphatic rings. The first kappa shape index (κ1) is 15.5. The van der Waals surface area contributed by atoms with E-state index in [1.54, 1.807) is 6.20 Å². The van der Waals surface area contributed by atoms with Crippen LogP contribution in [0.1, 0.15) is 42.9 Å². The summed E-state index contributed by atoms with van der Waals surface area (Å²) in [4.78, 5) is 6.82. The Bertz CT molecular complexity index is 664. The van der Waals surface area contributed by atoms with Gasteiger partial charge in [0, 0.05) is 12.7 Å². The molecule has 4 heteroatoms. The number of rotatable bonds is 3. The molecule has 24 heavy (non-hydrogen) atoms. The van der Waals surface area contributed by atoms with Gasteiger partial charge in [-0.15, -0.1) is 0 Å². The minimum absolute atomic E-state index is 0.0837. The lowest BCUT2D eigenvalue weighted by atomic mass is 10.1. The van der Waals surface area contributed by atoms with E-state index in [4.69, 9.17) is 9.47 Å². The molecule has 1 atom stereocenters. The summed E-state index contributed by atoms with van der Waals surface area (Å²) in [5.74, 6) is 1.31. The first-order valence-electron chi connectivity index (χ1n) is 8.94. The third kappa shape index (κ3) is 3.54. The predicted molar refractivity (Wildman–Crippen MR) is 93.3 cm³/mol. The number of likely N-dealkylation sites (tertiary alicyclic amines) is 1. The highest BCUT2D eigenvalue weighted by Crippen LogP contribution is 2.33. The van der Waals surface area contributed by atoms with Crippen molar-refractivity contribution in [2.75, 3.05) is 19.7 Å². The fraction of sp³-hybridized carbons (Fsp3) is 0.450. The predicted octanol–water partition coefficient (Wildman–Crippen LogP) is 3.97. The Morgan fingerprint density at radius 2 is 1.79 bits per heavy atom. The van der Waals surface area contributed by atoms with Crippen molar-refractivity contribution in [3.05, 3.63) is 53.7 Å². The number of pyridine rings is 1. The number of benzene rings is 1. The SMILES string of the molecule is c1cnc2c(c1)OC[C@H](c1ccc(CN3CCCCCC3)cc1)O2. The van der Waals surface area contributed by atoms with E-state index in [1.807, 2.05) is 12.1 Å². The number of hydrogen-bond donors (Lipinski definition) is 0. The van der Waals surface area contributed by atoms with E-state index in [0.717, 1.165) is 17.9 Å². The summed E-state index contributed by atoms with van der Waals surface area (Å²) in [6.45, 7) is 4.03. The van der Waals surface area contributed by atoms with E-state index in [-0.39, 0.29) is 6.10 Å². The molecular weight excluding hydrogens is 300 g/mol. The third-order valence-corrected chi connectivity index (χ3v) is 4.84. The van der Waals surface area contributed by atoms with Gasteiger partial charge in [0.05, 0.1) is 0 Å². The summed E-state index contributed by atoms with van der Waals surface area (Å²) >= 11 is 0. The highest BCUT2D eigenvalue weighted by atomic mass is 16.6. The summed E-state index contributed by atoms with van der Waals surface area (Å²) in [5.41, 5.74) is 2.52. The average molecular weight is 324 g/mol. The Morgan fingerprint density at radius 1 is 1.00 bits per heavy atom. The second-order valence-corrected chi connectivity index (χ2v) is 6.66. The van der Waals surface area contributed by atoms with Gasteiger partial charge in [0.15, 0.2) is 11.9 Å². The smallest absolute Gasteiger partial charge is 0.257 e. The van der Waals surface area contributed by atoms with Crippen LogP contribution >= 0.6 is 0 Å². The number of fused-ring (bicyclic) bond motifs is 1. The first-order chi connectivity index (χ1) is 11.9. The number of hydrogen-bond acceptors (Lipinski definition) is 4. The molecule has 4 rings (SSSR count). The van der Waals surface area contributed by atoms with Gasteiger partial charge in [0.2, 0.25) is 0 Å². The standard InChI is InChI=1S/C20H24N2O2/c1-2-4-13-22(12-3-1)14-16-7-9-17(10-8-16)19-15-23-18-6-5-11-21-20(18)24-19/h5-11,19H,1-4,12-15H2/t19-/m1/s1. The van der Waals surface area contributed by atoms with Gasteiger partial charge >= 0.3 is 0 Å². The largest absolute Gasteiger partial charge is 0.484 e. The van der Waals surface area contributed by atoms with Crippen molar-refractivity contribution in [3.8, 4) is 11.6 Å². The molecule has 0 spiro atoms. The van der Waals surface area contributed by atoms with E-state index < -0.39 is 0 Å². The highest BCUT2D eigenvalue weighted by molar-refractivity contribution is 5.35. The zero-order valence-electron chi connectivity index (χ0n) is 14.0. The maximum atomic E-state index is 5.98. The molecule has 0 amide bonds. The second-order valence-electron chi connectivity index (χ2n) is 6.66. The fourth-order valence-electron chi connectivity index (χ4n) is 3.46. The molecule has 126 valence electrons. The van der Waals surface area contributed by atoms with Gasteiger partial charge < -0.3 is 9.47 Å². The van der Waals surface area contributed by atoms with Gasteiger partial charge in [0.25, 0.3) is 5.88 Å². The van der Waals surface area contributed by atoms with Crippen LogP contribution in [0.15, 0.2) is 42.6 Å². The molecule has 2 aliphatic heterocycles. The minimum Gasteiger partial charge on any atom is -0.484 e. The van der Waals surface area contributed by atoms with Crippen LogP contribution in [0.4, 0.5) is 0 Å². The Hall–Kier alpha value is -2.07. The molecule has 0 aliphatic carbocycles. The molecule has 3 heterocycles. The second kappa shape index (κ2) is 7.22. The van der Waals surface area contributed by atoms with Crippen molar-refractivity contribution in [2.45, 2.75) is 38.3 Å². The molecule has 0 radical (unpaired) electrons. The molecule has 0 bridgehead atoms. The van der Waals surface area contributed by atoms with Gasteiger partial charge in [-0.05, 0) is 49.2 Å². The van der Waals surface area contributed by atoms with Crippen molar-refractivity contribution in [1.29, 1.82) is 0 Å². The van der Waals surface area contributed by atoms with Gasteiger partial charge in [-0.2, -0.15) is 0 Å². The van der Waals surface area contributed by atoms with Crippen LogP contribution in [-0.2, 0) is 6.54 Å². The van der Waals surface area contributed by atoms with Crippen molar-refractivity contribution < 1.29 is 9.47 Å². The van der Waals surface area contributed by atoms with Crippen LogP contribution in [0.3, 0.4) is 0 Å². The number of aromatic nitrogens is 1. The Morgan fingerprint density at radius 3 is 2.58 bits per heavy atom. The van der Waals surface area contributed by atoms with Crippen molar-refractivity contribution in [2.24, 2.45) is 0 Å². The van der Waals surface area contributed by atoms with Crippen molar-refractivity contribution in [1.82, 2.24) is 9.88 Å². The normalized spacial score (nSPS) is 21.2. The molecule has 0 unspecified atom stereocenters. The Labute approximate surface area is 143 Å². The molecule has 1 aromatic heterocycles. The highest BCUT2D eigenvalue weighted by Gasteiger charge is 2.23. The molecule has 1 saturated heterocycles. The van der Waals surface area contributed by atoms with Crippen LogP contribution in [0, 0.1) is 0 Å². The van der Waals surface area contributed by atoms with Gasteiger partial charge in [-0.3, -0.25) is 4.90 Å². The Balaban J connectivity index is 1.41. The number of ether oxygens (including phenoxy) is 2. The molecule has 4 nitrogen and oxygen atoms in total. The van der Waals surface area contributed by atoms with E-state index in [9.17, 15) is 0 Å². The van der Waals surface area contributed by atoms with E-state index in [0.29, 0.717) is 12.5 Å². The number of nitrogens with zero attached hydrogens (tertiary/aromatic N) is 2. The van der Waals surface area contributed by atoms with Crippen molar-refractivity contribution >= 4 is 0 Å². The molecule has 1 aromatic carbocycles. The quantitative estimate of drug-likeness (QED) is 0.855. The van der Waals surface area contributed by atoms with Crippen LogP contribution in [-0.4, -0.2) is 29.6 Å². The zero-order chi connectivity index (χ0) is 16.2. The van der Waals surface area contributed by atoms with Crippen LogP contribution in [0.2, 0.25) is 0 Å². The summed E-state index contributed by atoms with van der Waals surface area (Å²) in [6.07, 6.45) is 7.07. The van der Waals surface area contributed by atoms with Crippen molar-refractivity contribution in [3.63, 3.8) is 0 Å². The fourth-order valence-corrected chi connectivity index (χ4v) is 3.46. The molecule has 0 saturated carbocycles. The zero-order valence-corrected chi connectivity index (χ0v) is 14.0. The van der Waals surface area contributed by atoms with Crippen LogP contribution < -0.4 is 9.47 Å². The summed E-state index contributed by atoms with van der Waals surface area (Å²) in [7, 11) is 0. The molecule has 2 aromatic rings. The van der Waals surface area contributed by atoms with E-state index >= 15 is 0 Å². The maximum Gasteiger partial charge on any atom is 0.257 e. The minimum atomic E-state index is -0.0837. The lowest BCUT2D eigenvalue weighted by molar-refractivity contribution is 0.0851. The monoisotopic (exact) mass is 324 g/mol. The first-order valence-corrected chi connectivity index (χ1v) is 8.94. The lowest BCUT2D eigenvalue weighted by Gasteiger charge is -2.26. The van der Waals surface area contributed by atoms with Gasteiger partial charge in [0.1, 0.15) is 6.61 Å². The summed E-state index contributed by atoms with van der Waals surface area (Å²) in [5, 5.41) is 0. The summed E-state index contributed by atoms with van der Waals surface area (Å²) < 4.78 is 11.7. The maximum absolute atomic E-state index is 5.98. The van der Waals surface area contributed by atoms with Gasteiger partial charge in [-0.1, -0.05) is 37.1 Å². The molecular formula is C20H24N2O2. The van der Waals surface area contributed by atoms with E-state index in [1.165, 1.54) is 44.3 Å². The van der Waals surface area contributed by atoms with Gasteiger partial charge in [-0.25, -0.2) is 4.98 Å². The lowest BCUT2D eigenvalue weighted by Crippen LogP contribution is -2.24. The average Bonchev–Trinajstić information content (AvgIpc) is 2.91. The van der Waals surface area contributed by atoms with Crippen LogP contribution in [0.25, 0.3) is 0 Å². The molecule has 0 N–H and O–H groups in total. The Kier molecular flexibility index (Phi) is 4.65. The van der Waals surface area contributed by atoms with Crippen LogP contribution in [0.5, 0.6) is 11.6 Å². The molecule has 1 fully saturated rings. The van der Waals surface area contributed by atoms with E-state index in [2.05, 4.69) is 34.1 Å².